The summed E-state index contributed by atoms with van der Waals surface area (Å²) in [4.78, 5) is 23.9. The topological polar surface area (TPSA) is 49.4 Å². The number of hydrogen-bond acceptors (Lipinski definition) is 2. The quantitative estimate of drug-likeness (QED) is 0.724. The number of imide groups is 1. The monoisotopic (exact) mass is 204 g/mol. The maximum absolute atomic E-state index is 11.6. The SMILES string of the molecule is CN1C(=O)N[C@@H](Cc2ccccc2)C1=O. The van der Waals surface area contributed by atoms with Crippen molar-refractivity contribution in [2.75, 3.05) is 7.05 Å². The number of amides is 3. The second-order valence-corrected chi connectivity index (χ2v) is 3.59. The van der Waals surface area contributed by atoms with Gasteiger partial charge in [-0.25, -0.2) is 4.79 Å². The molecule has 1 saturated heterocycles. The lowest BCUT2D eigenvalue weighted by Gasteiger charge is -2.07. The van der Waals surface area contributed by atoms with Crippen LogP contribution >= 0.6 is 0 Å². The van der Waals surface area contributed by atoms with Crippen LogP contribution in [0.25, 0.3) is 0 Å². The number of likely N-dealkylation sites (N-methyl/N-ethyl adjacent to an activating group) is 1. The van der Waals surface area contributed by atoms with Crippen molar-refractivity contribution in [3.63, 3.8) is 0 Å². The minimum atomic E-state index is -0.412. The van der Waals surface area contributed by atoms with Crippen LogP contribution in [0.2, 0.25) is 0 Å². The van der Waals surface area contributed by atoms with E-state index in [1.165, 1.54) is 7.05 Å². The first kappa shape index (κ1) is 9.71. The van der Waals surface area contributed by atoms with E-state index in [0.717, 1.165) is 10.5 Å². The summed E-state index contributed by atoms with van der Waals surface area (Å²) in [6, 6.07) is 8.91. The van der Waals surface area contributed by atoms with Gasteiger partial charge < -0.3 is 5.32 Å². The number of benzene rings is 1. The highest BCUT2D eigenvalue weighted by atomic mass is 16.2. The summed E-state index contributed by atoms with van der Waals surface area (Å²) in [6.07, 6.45) is 0.551. The van der Waals surface area contributed by atoms with Gasteiger partial charge in [0.05, 0.1) is 0 Å². The van der Waals surface area contributed by atoms with Crippen molar-refractivity contribution in [1.82, 2.24) is 10.2 Å². The molecule has 4 heteroatoms. The smallest absolute Gasteiger partial charge is 0.324 e. The van der Waals surface area contributed by atoms with Crippen molar-refractivity contribution in [2.24, 2.45) is 0 Å². The molecule has 1 aliphatic rings. The summed E-state index contributed by atoms with van der Waals surface area (Å²) >= 11 is 0. The molecule has 78 valence electrons. The third-order valence-electron chi connectivity index (χ3n) is 2.51. The van der Waals surface area contributed by atoms with E-state index in [9.17, 15) is 9.59 Å². The van der Waals surface area contributed by atoms with E-state index in [1.54, 1.807) is 0 Å². The molecule has 15 heavy (non-hydrogen) atoms. The predicted octanol–water partition coefficient (Wildman–Crippen LogP) is 0.779. The Hall–Kier alpha value is -1.84. The first-order valence-corrected chi connectivity index (χ1v) is 4.80. The Morgan fingerprint density at radius 3 is 2.47 bits per heavy atom. The van der Waals surface area contributed by atoms with Crippen LogP contribution in [0.5, 0.6) is 0 Å². The van der Waals surface area contributed by atoms with E-state index < -0.39 is 6.04 Å². The maximum Gasteiger partial charge on any atom is 0.324 e. The maximum atomic E-state index is 11.6. The second-order valence-electron chi connectivity index (χ2n) is 3.59. The van der Waals surface area contributed by atoms with E-state index in [4.69, 9.17) is 0 Å². The predicted molar refractivity (Wildman–Crippen MR) is 55.2 cm³/mol. The second kappa shape index (κ2) is 3.73. The first-order valence-electron chi connectivity index (χ1n) is 4.80. The zero-order valence-electron chi connectivity index (χ0n) is 8.43. The number of urea groups is 1. The number of hydrogen-bond donors (Lipinski definition) is 1. The number of nitrogens with one attached hydrogen (secondary N) is 1. The Morgan fingerprint density at radius 2 is 1.93 bits per heavy atom. The van der Waals surface area contributed by atoms with Crippen molar-refractivity contribution in [3.05, 3.63) is 35.9 Å². The normalized spacial score (nSPS) is 20.6. The fraction of sp³-hybridized carbons (Fsp3) is 0.273. The molecule has 0 aliphatic carbocycles. The van der Waals surface area contributed by atoms with Crippen LogP contribution in [0.1, 0.15) is 5.56 Å². The third-order valence-corrected chi connectivity index (χ3v) is 2.51. The van der Waals surface area contributed by atoms with Gasteiger partial charge in [-0.1, -0.05) is 30.3 Å². The largest absolute Gasteiger partial charge is 0.325 e. The molecule has 1 N–H and O–H groups in total. The van der Waals surface area contributed by atoms with Gasteiger partial charge in [-0.3, -0.25) is 9.69 Å². The molecular formula is C11H12N2O2. The molecule has 3 amide bonds. The highest BCUT2D eigenvalue weighted by molar-refractivity contribution is 6.03. The Bertz CT molecular complexity index is 389. The zero-order valence-corrected chi connectivity index (χ0v) is 8.43. The van der Waals surface area contributed by atoms with Gasteiger partial charge in [-0.05, 0) is 5.56 Å². The summed E-state index contributed by atoms with van der Waals surface area (Å²) in [7, 11) is 1.49. The Balaban J connectivity index is 2.09. The molecule has 0 saturated carbocycles. The lowest BCUT2D eigenvalue weighted by Crippen LogP contribution is -2.31. The number of carbonyl (C=O) groups excluding carboxylic acids is 2. The number of nitrogens with zero attached hydrogens (tertiary/aromatic N) is 1. The summed E-state index contributed by atoms with van der Waals surface area (Å²) < 4.78 is 0. The molecule has 1 atom stereocenters. The standard InChI is InChI=1S/C11H12N2O2/c1-13-10(14)9(12-11(13)15)7-8-5-3-2-4-6-8/h2-6,9H,7H2,1H3,(H,12,15)/t9-/m0/s1. The van der Waals surface area contributed by atoms with Crippen LogP contribution in [0.4, 0.5) is 4.79 Å². The molecule has 1 aromatic carbocycles. The van der Waals surface area contributed by atoms with Crippen LogP contribution < -0.4 is 5.32 Å². The molecule has 1 fully saturated rings. The molecule has 0 spiro atoms. The van der Waals surface area contributed by atoms with Crippen molar-refractivity contribution in [1.29, 1.82) is 0 Å². The van der Waals surface area contributed by atoms with Gasteiger partial charge in [-0.2, -0.15) is 0 Å². The average molecular weight is 204 g/mol. The van der Waals surface area contributed by atoms with Crippen LogP contribution in [0.3, 0.4) is 0 Å². The molecule has 0 aromatic heterocycles. The summed E-state index contributed by atoms with van der Waals surface area (Å²) in [5.41, 5.74) is 1.05. The van der Waals surface area contributed by atoms with Crippen LogP contribution in [0, 0.1) is 0 Å². The fourth-order valence-electron chi connectivity index (χ4n) is 1.63. The molecular weight excluding hydrogens is 192 g/mol. The van der Waals surface area contributed by atoms with Crippen molar-refractivity contribution >= 4 is 11.9 Å². The van der Waals surface area contributed by atoms with Gasteiger partial charge in [0.2, 0.25) is 0 Å². The molecule has 1 aliphatic heterocycles. The van der Waals surface area contributed by atoms with E-state index in [1.807, 2.05) is 30.3 Å². The van der Waals surface area contributed by atoms with Gasteiger partial charge in [0.15, 0.2) is 0 Å². The highest BCUT2D eigenvalue weighted by Crippen LogP contribution is 2.10. The lowest BCUT2D eigenvalue weighted by molar-refractivity contribution is -0.126. The number of carbonyl (C=O) groups is 2. The first-order chi connectivity index (χ1) is 7.18. The molecule has 2 rings (SSSR count). The van der Waals surface area contributed by atoms with E-state index >= 15 is 0 Å². The van der Waals surface area contributed by atoms with Crippen molar-refractivity contribution in [2.45, 2.75) is 12.5 Å². The molecule has 1 aromatic rings. The average Bonchev–Trinajstić information content (AvgIpc) is 2.48. The number of rotatable bonds is 2. The van der Waals surface area contributed by atoms with E-state index in [-0.39, 0.29) is 11.9 Å². The highest BCUT2D eigenvalue weighted by Gasteiger charge is 2.34. The summed E-state index contributed by atoms with van der Waals surface area (Å²) in [5.74, 6) is -0.163. The Labute approximate surface area is 87.9 Å². The van der Waals surface area contributed by atoms with Gasteiger partial charge in [0.25, 0.3) is 5.91 Å². The molecule has 0 bridgehead atoms. The molecule has 1 heterocycles. The minimum absolute atomic E-state index is 0.163. The summed E-state index contributed by atoms with van der Waals surface area (Å²) in [5, 5.41) is 2.64. The van der Waals surface area contributed by atoms with E-state index in [2.05, 4.69) is 5.32 Å². The minimum Gasteiger partial charge on any atom is -0.325 e. The van der Waals surface area contributed by atoms with Crippen LogP contribution in [-0.2, 0) is 11.2 Å². The van der Waals surface area contributed by atoms with Crippen molar-refractivity contribution in [3.8, 4) is 0 Å². The lowest BCUT2D eigenvalue weighted by atomic mass is 10.1. The molecule has 0 unspecified atom stereocenters. The zero-order chi connectivity index (χ0) is 10.8. The van der Waals surface area contributed by atoms with E-state index in [0.29, 0.717) is 6.42 Å². The van der Waals surface area contributed by atoms with Gasteiger partial charge >= 0.3 is 6.03 Å². The van der Waals surface area contributed by atoms with Gasteiger partial charge in [-0.15, -0.1) is 0 Å². The summed E-state index contributed by atoms with van der Waals surface area (Å²) in [6.45, 7) is 0. The Morgan fingerprint density at radius 1 is 1.27 bits per heavy atom. The molecule has 0 radical (unpaired) electrons. The van der Waals surface area contributed by atoms with Gasteiger partial charge in [0.1, 0.15) is 6.04 Å². The van der Waals surface area contributed by atoms with Crippen LogP contribution in [-0.4, -0.2) is 29.9 Å². The van der Waals surface area contributed by atoms with Gasteiger partial charge in [0, 0.05) is 13.5 Å². The Kier molecular flexibility index (Phi) is 2.41. The van der Waals surface area contributed by atoms with Crippen LogP contribution in [0.15, 0.2) is 30.3 Å². The molecule has 4 nitrogen and oxygen atoms in total. The van der Waals surface area contributed by atoms with Crippen molar-refractivity contribution < 1.29 is 9.59 Å². The fourth-order valence-corrected chi connectivity index (χ4v) is 1.63. The third kappa shape index (κ3) is 1.83.